The van der Waals surface area contributed by atoms with E-state index in [-0.39, 0.29) is 11.8 Å². The predicted molar refractivity (Wildman–Crippen MR) is 66.7 cm³/mol. The highest BCUT2D eigenvalue weighted by Crippen LogP contribution is 2.42. The van der Waals surface area contributed by atoms with E-state index in [9.17, 15) is 5.11 Å². The third kappa shape index (κ3) is 1.93. The Labute approximate surface area is 102 Å². The minimum atomic E-state index is -1.39. The highest BCUT2D eigenvalue weighted by atomic mass is 19.1. The average Bonchev–Trinajstić information content (AvgIpc) is 2.26. The normalized spacial score (nSPS) is 29.1. The molecule has 94 valence electrons. The number of hydrogen-bond donors (Lipinski definition) is 1. The lowest BCUT2D eigenvalue weighted by atomic mass is 9.85. The average molecular weight is 237 g/mol. The molecule has 1 heterocycles. The number of hydrogen-bond acceptors (Lipinski definition) is 2. The monoisotopic (exact) mass is 237 g/mol. The van der Waals surface area contributed by atoms with Crippen LogP contribution in [0.1, 0.15) is 37.8 Å². The zero-order valence-corrected chi connectivity index (χ0v) is 10.7. The van der Waals surface area contributed by atoms with Crippen LogP contribution < -0.4 is 0 Å². The van der Waals surface area contributed by atoms with Gasteiger partial charge in [0.1, 0.15) is 5.75 Å². The van der Waals surface area contributed by atoms with Gasteiger partial charge in [0.2, 0.25) is 0 Å². The molecule has 0 radical (unpaired) electrons. The molecule has 3 heteroatoms. The number of phenolic OH excluding ortho intramolecular Hbond substituents is 1. The molecule has 0 aliphatic carbocycles. The molecule has 2 unspecified atom stereocenters. The van der Waals surface area contributed by atoms with Crippen LogP contribution in [0.2, 0.25) is 0 Å². The second-order valence-electron chi connectivity index (χ2n) is 5.01. The van der Waals surface area contributed by atoms with E-state index in [1.165, 1.54) is 0 Å². The highest BCUT2D eigenvalue weighted by Gasteiger charge is 2.43. The van der Waals surface area contributed by atoms with E-state index in [4.69, 9.17) is 0 Å². The van der Waals surface area contributed by atoms with Crippen molar-refractivity contribution in [3.63, 3.8) is 0 Å². The number of likely N-dealkylation sites (N-methyl/N-ethyl adjacent to an activating group) is 1. The van der Waals surface area contributed by atoms with Gasteiger partial charge in [0, 0.05) is 11.6 Å². The standard InChI is InChI=1S/C14H20FNO/c1-4-7-14(15)13-6-5-12(17)9-11(13)8-10(2)16(14)3/h5-6,9-10,17H,4,7-8H2,1-3H3. The molecular formula is C14H20FNO. The molecule has 17 heavy (non-hydrogen) atoms. The first-order chi connectivity index (χ1) is 7.99. The fourth-order valence-corrected chi connectivity index (χ4v) is 2.76. The zero-order chi connectivity index (χ0) is 12.6. The molecule has 1 aliphatic heterocycles. The maximum absolute atomic E-state index is 15.2. The maximum atomic E-state index is 15.2. The summed E-state index contributed by atoms with van der Waals surface area (Å²) in [4.78, 5) is 1.82. The van der Waals surface area contributed by atoms with E-state index in [0.29, 0.717) is 6.42 Å². The lowest BCUT2D eigenvalue weighted by Crippen LogP contribution is -2.50. The van der Waals surface area contributed by atoms with Gasteiger partial charge in [-0.25, -0.2) is 4.39 Å². The van der Waals surface area contributed by atoms with Crippen molar-refractivity contribution in [1.82, 2.24) is 4.90 Å². The third-order valence-corrected chi connectivity index (χ3v) is 3.82. The molecule has 1 aliphatic rings. The van der Waals surface area contributed by atoms with Gasteiger partial charge in [-0.1, -0.05) is 19.4 Å². The molecule has 0 amide bonds. The van der Waals surface area contributed by atoms with Gasteiger partial charge >= 0.3 is 0 Å². The van der Waals surface area contributed by atoms with Crippen LogP contribution in [0, 0.1) is 0 Å². The Morgan fingerprint density at radius 1 is 1.53 bits per heavy atom. The molecule has 2 atom stereocenters. The summed E-state index contributed by atoms with van der Waals surface area (Å²) >= 11 is 0. The van der Waals surface area contributed by atoms with E-state index in [2.05, 4.69) is 0 Å². The topological polar surface area (TPSA) is 23.5 Å². The summed E-state index contributed by atoms with van der Waals surface area (Å²) in [6, 6.07) is 5.15. The van der Waals surface area contributed by atoms with E-state index >= 15 is 4.39 Å². The number of rotatable bonds is 2. The van der Waals surface area contributed by atoms with Gasteiger partial charge in [-0.3, -0.25) is 4.90 Å². The van der Waals surface area contributed by atoms with Crippen molar-refractivity contribution in [2.45, 2.75) is 44.9 Å². The molecule has 2 nitrogen and oxygen atoms in total. The van der Waals surface area contributed by atoms with Crippen LogP contribution in [0.25, 0.3) is 0 Å². The van der Waals surface area contributed by atoms with Crippen molar-refractivity contribution >= 4 is 0 Å². The van der Waals surface area contributed by atoms with E-state index in [1.807, 2.05) is 25.8 Å². The smallest absolute Gasteiger partial charge is 0.190 e. The third-order valence-electron chi connectivity index (χ3n) is 3.82. The molecule has 0 aromatic heterocycles. The largest absolute Gasteiger partial charge is 0.508 e. The van der Waals surface area contributed by atoms with E-state index in [0.717, 1.165) is 24.0 Å². The Morgan fingerprint density at radius 3 is 2.88 bits per heavy atom. The Hall–Kier alpha value is -1.09. The Kier molecular flexibility index (Phi) is 3.13. The van der Waals surface area contributed by atoms with Crippen LogP contribution in [0.5, 0.6) is 5.75 Å². The van der Waals surface area contributed by atoms with E-state index in [1.54, 1.807) is 18.2 Å². The fourth-order valence-electron chi connectivity index (χ4n) is 2.76. The summed E-state index contributed by atoms with van der Waals surface area (Å²) in [6.07, 6.45) is 2.08. The van der Waals surface area contributed by atoms with Crippen molar-refractivity contribution in [1.29, 1.82) is 0 Å². The van der Waals surface area contributed by atoms with Gasteiger partial charge in [-0.05, 0) is 44.5 Å². The van der Waals surface area contributed by atoms with Crippen molar-refractivity contribution in [2.75, 3.05) is 7.05 Å². The van der Waals surface area contributed by atoms with Crippen LogP contribution in [0.15, 0.2) is 18.2 Å². The van der Waals surface area contributed by atoms with Crippen molar-refractivity contribution in [3.05, 3.63) is 29.3 Å². The van der Waals surface area contributed by atoms with Crippen LogP contribution in [-0.2, 0) is 12.2 Å². The number of nitrogens with zero attached hydrogens (tertiary/aromatic N) is 1. The summed E-state index contributed by atoms with van der Waals surface area (Å²) < 4.78 is 15.2. The quantitative estimate of drug-likeness (QED) is 0.798. The first-order valence-electron chi connectivity index (χ1n) is 6.23. The Bertz CT molecular complexity index is 421. The first-order valence-corrected chi connectivity index (χ1v) is 6.23. The summed E-state index contributed by atoms with van der Waals surface area (Å²) in [7, 11) is 1.84. The van der Waals surface area contributed by atoms with Gasteiger partial charge in [-0.2, -0.15) is 0 Å². The fraction of sp³-hybridized carbons (Fsp3) is 0.571. The van der Waals surface area contributed by atoms with Gasteiger partial charge in [0.15, 0.2) is 5.79 Å². The number of alkyl halides is 1. The molecular weight excluding hydrogens is 217 g/mol. The molecule has 0 spiro atoms. The number of fused-ring (bicyclic) bond motifs is 1. The lowest BCUT2D eigenvalue weighted by Gasteiger charge is -2.44. The summed E-state index contributed by atoms with van der Waals surface area (Å²) in [5.74, 6) is -1.17. The van der Waals surface area contributed by atoms with Crippen molar-refractivity contribution < 1.29 is 9.50 Å². The predicted octanol–water partition coefficient (Wildman–Crippen LogP) is 3.19. The molecule has 1 aromatic rings. The summed E-state index contributed by atoms with van der Waals surface area (Å²) in [5, 5.41) is 9.50. The van der Waals surface area contributed by atoms with Gasteiger partial charge in [0.05, 0.1) is 0 Å². The first kappa shape index (κ1) is 12.4. The number of phenols is 1. The molecule has 2 rings (SSSR count). The van der Waals surface area contributed by atoms with Gasteiger partial charge in [0.25, 0.3) is 0 Å². The molecule has 1 aromatic carbocycles. The minimum absolute atomic E-state index is 0.154. The molecule has 0 saturated heterocycles. The minimum Gasteiger partial charge on any atom is -0.508 e. The van der Waals surface area contributed by atoms with Crippen LogP contribution >= 0.6 is 0 Å². The lowest BCUT2D eigenvalue weighted by molar-refractivity contribution is -0.0640. The second kappa shape index (κ2) is 4.30. The molecule has 1 N–H and O–H groups in total. The summed E-state index contributed by atoms with van der Waals surface area (Å²) in [5.41, 5.74) is 1.66. The number of benzene rings is 1. The van der Waals surface area contributed by atoms with Crippen LogP contribution in [-0.4, -0.2) is 23.1 Å². The van der Waals surface area contributed by atoms with Crippen molar-refractivity contribution in [2.24, 2.45) is 0 Å². The van der Waals surface area contributed by atoms with Gasteiger partial charge in [-0.15, -0.1) is 0 Å². The van der Waals surface area contributed by atoms with Crippen LogP contribution in [0.3, 0.4) is 0 Å². The molecule has 0 saturated carbocycles. The van der Waals surface area contributed by atoms with Crippen molar-refractivity contribution in [3.8, 4) is 5.75 Å². The number of aromatic hydroxyl groups is 1. The van der Waals surface area contributed by atoms with E-state index < -0.39 is 5.79 Å². The molecule has 0 fully saturated rings. The van der Waals surface area contributed by atoms with Crippen LogP contribution in [0.4, 0.5) is 4.39 Å². The Morgan fingerprint density at radius 2 is 2.24 bits per heavy atom. The zero-order valence-electron chi connectivity index (χ0n) is 10.7. The SMILES string of the molecule is CCCC1(F)c2ccc(O)cc2CC(C)N1C. The maximum Gasteiger partial charge on any atom is 0.190 e. The summed E-state index contributed by atoms with van der Waals surface area (Å²) in [6.45, 7) is 4.02. The second-order valence-corrected chi connectivity index (χ2v) is 5.01. The Balaban J connectivity index is 2.52. The van der Waals surface area contributed by atoms with Gasteiger partial charge < -0.3 is 5.11 Å². The molecule has 0 bridgehead atoms. The highest BCUT2D eigenvalue weighted by molar-refractivity contribution is 5.40. The number of halogens is 1.